The number of anilines is 1. The van der Waals surface area contributed by atoms with Crippen molar-refractivity contribution < 1.29 is 9.47 Å². The Bertz CT molecular complexity index is 471. The number of ether oxygens (including phenoxy) is 2. The maximum atomic E-state index is 5.51. The molecule has 0 aliphatic carbocycles. The topological polar surface area (TPSA) is 30.5 Å². The maximum Gasteiger partial charge on any atom is 0.0718 e. The van der Waals surface area contributed by atoms with Crippen LogP contribution in [0.5, 0.6) is 0 Å². The van der Waals surface area contributed by atoms with E-state index in [1.807, 2.05) is 6.07 Å². The Morgan fingerprint density at radius 3 is 2.89 bits per heavy atom. The normalized spacial score (nSPS) is 10.6. The summed E-state index contributed by atoms with van der Waals surface area (Å²) in [6.45, 7) is 2.74. The first-order chi connectivity index (χ1) is 9.38. The van der Waals surface area contributed by atoms with Crippen molar-refractivity contribution >= 4 is 17.0 Å². The molecule has 0 amide bonds. The quantitative estimate of drug-likeness (QED) is 0.749. The van der Waals surface area contributed by atoms with Crippen LogP contribution >= 0.6 is 11.3 Å². The number of methoxy groups -OCH3 is 1. The van der Waals surface area contributed by atoms with Gasteiger partial charge in [0, 0.05) is 19.3 Å². The molecule has 0 bridgehead atoms. The van der Waals surface area contributed by atoms with Gasteiger partial charge in [0.2, 0.25) is 0 Å². The molecule has 3 nitrogen and oxygen atoms in total. The van der Waals surface area contributed by atoms with Crippen LogP contribution in [0.2, 0.25) is 0 Å². The molecule has 0 unspecified atom stereocenters. The molecular formula is C15H19NO2S. The van der Waals surface area contributed by atoms with E-state index in [9.17, 15) is 0 Å². The summed E-state index contributed by atoms with van der Waals surface area (Å²) >= 11 is 1.72. The number of thiophene rings is 1. The van der Waals surface area contributed by atoms with E-state index in [1.165, 1.54) is 11.1 Å². The van der Waals surface area contributed by atoms with E-state index in [1.54, 1.807) is 18.4 Å². The van der Waals surface area contributed by atoms with Crippen molar-refractivity contribution in [2.75, 3.05) is 25.6 Å². The molecule has 0 aliphatic heterocycles. The number of nitrogens with one attached hydrogen (secondary N) is 1. The van der Waals surface area contributed by atoms with Crippen LogP contribution in [-0.2, 0) is 22.6 Å². The minimum absolute atomic E-state index is 0.622. The monoisotopic (exact) mass is 277 g/mol. The first-order valence-corrected chi connectivity index (χ1v) is 7.23. The highest BCUT2D eigenvalue weighted by atomic mass is 32.1. The van der Waals surface area contributed by atoms with Crippen LogP contribution in [0.15, 0.2) is 41.1 Å². The summed E-state index contributed by atoms with van der Waals surface area (Å²) < 4.78 is 10.5. The molecule has 4 heteroatoms. The molecule has 1 N–H and O–H groups in total. The minimum atomic E-state index is 0.622. The van der Waals surface area contributed by atoms with Gasteiger partial charge in [0.05, 0.1) is 19.8 Å². The van der Waals surface area contributed by atoms with Gasteiger partial charge in [0.15, 0.2) is 0 Å². The molecule has 2 aromatic rings. The van der Waals surface area contributed by atoms with E-state index in [2.05, 4.69) is 40.3 Å². The zero-order valence-electron chi connectivity index (χ0n) is 11.1. The summed E-state index contributed by atoms with van der Waals surface area (Å²) in [6, 6.07) is 10.5. The van der Waals surface area contributed by atoms with Crippen LogP contribution in [0.3, 0.4) is 0 Å². The summed E-state index contributed by atoms with van der Waals surface area (Å²) in [4.78, 5) is 0. The SMILES string of the molecule is COCCOCc1cccc(NCc2ccsc2)c1. The minimum Gasteiger partial charge on any atom is -0.382 e. The van der Waals surface area contributed by atoms with Crippen molar-refractivity contribution in [2.24, 2.45) is 0 Å². The van der Waals surface area contributed by atoms with Crippen LogP contribution in [0.25, 0.3) is 0 Å². The Kier molecular flexibility index (Phi) is 5.88. The summed E-state index contributed by atoms with van der Waals surface area (Å²) in [5.74, 6) is 0. The first-order valence-electron chi connectivity index (χ1n) is 6.29. The zero-order valence-corrected chi connectivity index (χ0v) is 11.9. The van der Waals surface area contributed by atoms with Crippen LogP contribution in [-0.4, -0.2) is 20.3 Å². The van der Waals surface area contributed by atoms with Gasteiger partial charge in [-0.25, -0.2) is 0 Å². The molecule has 0 aliphatic rings. The standard InChI is InChI=1S/C15H19NO2S/c1-17-6-7-18-11-13-3-2-4-15(9-13)16-10-14-5-8-19-12-14/h2-5,8-9,12,16H,6-7,10-11H2,1H3. The largest absolute Gasteiger partial charge is 0.382 e. The van der Waals surface area contributed by atoms with Crippen molar-refractivity contribution in [3.8, 4) is 0 Å². The van der Waals surface area contributed by atoms with E-state index in [0.717, 1.165) is 12.2 Å². The predicted octanol–water partition coefficient (Wildman–Crippen LogP) is 3.52. The van der Waals surface area contributed by atoms with E-state index in [-0.39, 0.29) is 0 Å². The lowest BCUT2D eigenvalue weighted by Gasteiger charge is -2.08. The maximum absolute atomic E-state index is 5.51. The summed E-state index contributed by atoms with van der Waals surface area (Å²) in [6.07, 6.45) is 0. The lowest BCUT2D eigenvalue weighted by Crippen LogP contribution is -2.02. The molecule has 0 atom stereocenters. The molecule has 1 heterocycles. The first kappa shape index (κ1) is 14.1. The number of hydrogen-bond donors (Lipinski definition) is 1. The molecule has 19 heavy (non-hydrogen) atoms. The molecule has 1 aromatic heterocycles. The Morgan fingerprint density at radius 2 is 2.11 bits per heavy atom. The van der Waals surface area contributed by atoms with Crippen molar-refractivity contribution in [1.29, 1.82) is 0 Å². The van der Waals surface area contributed by atoms with Gasteiger partial charge in [-0.15, -0.1) is 0 Å². The van der Waals surface area contributed by atoms with E-state index >= 15 is 0 Å². The van der Waals surface area contributed by atoms with Crippen LogP contribution in [0, 0.1) is 0 Å². The highest BCUT2D eigenvalue weighted by Crippen LogP contribution is 2.14. The van der Waals surface area contributed by atoms with Gasteiger partial charge in [-0.1, -0.05) is 12.1 Å². The zero-order chi connectivity index (χ0) is 13.3. The lowest BCUT2D eigenvalue weighted by atomic mass is 10.2. The second kappa shape index (κ2) is 7.94. The average Bonchev–Trinajstić information content (AvgIpc) is 2.95. The van der Waals surface area contributed by atoms with Crippen LogP contribution < -0.4 is 5.32 Å². The average molecular weight is 277 g/mol. The van der Waals surface area contributed by atoms with Crippen molar-refractivity contribution in [2.45, 2.75) is 13.2 Å². The summed E-state index contributed by atoms with van der Waals surface area (Å²) in [5.41, 5.74) is 3.61. The Hall–Kier alpha value is -1.36. The van der Waals surface area contributed by atoms with Gasteiger partial charge in [-0.3, -0.25) is 0 Å². The molecule has 102 valence electrons. The fourth-order valence-electron chi connectivity index (χ4n) is 1.70. The Labute approximate surface area is 118 Å². The van der Waals surface area contributed by atoms with Gasteiger partial charge in [-0.2, -0.15) is 11.3 Å². The number of hydrogen-bond acceptors (Lipinski definition) is 4. The highest BCUT2D eigenvalue weighted by Gasteiger charge is 1.97. The molecule has 0 radical (unpaired) electrons. The van der Waals surface area contributed by atoms with Crippen molar-refractivity contribution in [3.05, 3.63) is 52.2 Å². The third kappa shape index (κ3) is 5.03. The fraction of sp³-hybridized carbons (Fsp3) is 0.333. The summed E-state index contributed by atoms with van der Waals surface area (Å²) in [7, 11) is 1.68. The van der Waals surface area contributed by atoms with Gasteiger partial charge >= 0.3 is 0 Å². The molecular weight excluding hydrogens is 258 g/mol. The second-order valence-corrected chi connectivity index (χ2v) is 5.01. The Morgan fingerprint density at radius 1 is 1.16 bits per heavy atom. The Balaban J connectivity index is 1.81. The fourth-order valence-corrected chi connectivity index (χ4v) is 2.37. The number of benzene rings is 1. The molecule has 0 spiro atoms. The third-order valence-corrected chi connectivity index (χ3v) is 3.44. The van der Waals surface area contributed by atoms with Crippen molar-refractivity contribution in [3.63, 3.8) is 0 Å². The van der Waals surface area contributed by atoms with Gasteiger partial charge < -0.3 is 14.8 Å². The van der Waals surface area contributed by atoms with E-state index < -0.39 is 0 Å². The lowest BCUT2D eigenvalue weighted by molar-refractivity contribution is 0.0617. The second-order valence-electron chi connectivity index (χ2n) is 4.23. The predicted molar refractivity (Wildman–Crippen MR) is 79.6 cm³/mol. The molecule has 2 rings (SSSR count). The highest BCUT2D eigenvalue weighted by molar-refractivity contribution is 7.07. The smallest absolute Gasteiger partial charge is 0.0718 e. The van der Waals surface area contributed by atoms with Gasteiger partial charge in [-0.05, 0) is 40.1 Å². The summed E-state index contributed by atoms with van der Waals surface area (Å²) in [5, 5.41) is 7.67. The van der Waals surface area contributed by atoms with Crippen molar-refractivity contribution in [1.82, 2.24) is 0 Å². The van der Waals surface area contributed by atoms with Crippen LogP contribution in [0.1, 0.15) is 11.1 Å². The third-order valence-electron chi connectivity index (χ3n) is 2.70. The van der Waals surface area contributed by atoms with Gasteiger partial charge in [0.25, 0.3) is 0 Å². The van der Waals surface area contributed by atoms with E-state index in [0.29, 0.717) is 19.8 Å². The van der Waals surface area contributed by atoms with E-state index in [4.69, 9.17) is 9.47 Å². The van der Waals surface area contributed by atoms with Gasteiger partial charge in [0.1, 0.15) is 0 Å². The molecule has 0 fully saturated rings. The molecule has 1 aromatic carbocycles. The molecule has 0 saturated heterocycles. The van der Waals surface area contributed by atoms with Crippen LogP contribution in [0.4, 0.5) is 5.69 Å². The molecule has 0 saturated carbocycles. The number of rotatable bonds is 8.